The predicted molar refractivity (Wildman–Crippen MR) is 266 cm³/mol. The van der Waals surface area contributed by atoms with E-state index in [2.05, 4.69) is 39.0 Å². The number of allylic oxidation sites excluding steroid dienone is 4. The smallest absolute Gasteiger partial charge is 0.306 e. The molecule has 0 saturated carbocycles. The van der Waals surface area contributed by atoms with Crippen molar-refractivity contribution in [1.29, 1.82) is 0 Å². The molecule has 0 aromatic rings. The number of hydrogen-bond donors (Lipinski definition) is 0. The van der Waals surface area contributed by atoms with E-state index in [9.17, 15) is 14.4 Å². The number of rotatable bonds is 50. The van der Waals surface area contributed by atoms with Gasteiger partial charge in [0.15, 0.2) is 6.10 Å². The Morgan fingerprint density at radius 3 is 0.952 bits per heavy atom. The molecule has 62 heavy (non-hydrogen) atoms. The van der Waals surface area contributed by atoms with Gasteiger partial charge in [-0.2, -0.15) is 0 Å². The van der Waals surface area contributed by atoms with Crippen molar-refractivity contribution < 1.29 is 28.6 Å². The molecule has 6 nitrogen and oxygen atoms in total. The first kappa shape index (κ1) is 59.9. The molecule has 0 heterocycles. The van der Waals surface area contributed by atoms with Gasteiger partial charge in [-0.05, 0) is 38.5 Å². The second-order valence-electron chi connectivity index (χ2n) is 18.5. The van der Waals surface area contributed by atoms with Gasteiger partial charge in [-0.15, -0.1) is 0 Å². The van der Waals surface area contributed by atoms with E-state index in [0.717, 1.165) is 51.4 Å². The Kier molecular flexibility index (Phi) is 49.8. The Balaban J connectivity index is 4.34. The zero-order chi connectivity index (χ0) is 45.1. The van der Waals surface area contributed by atoms with Crippen LogP contribution in [0.4, 0.5) is 0 Å². The Hall–Kier alpha value is -2.11. The van der Waals surface area contributed by atoms with Gasteiger partial charge in [-0.3, -0.25) is 14.4 Å². The summed E-state index contributed by atoms with van der Waals surface area (Å²) in [5.74, 6) is -0.939. The number of unbranched alkanes of at least 4 members (excludes halogenated alkanes) is 35. The molecule has 0 aliphatic carbocycles. The van der Waals surface area contributed by atoms with E-state index >= 15 is 0 Å². The minimum Gasteiger partial charge on any atom is -0.462 e. The van der Waals surface area contributed by atoms with Crippen molar-refractivity contribution in [2.24, 2.45) is 0 Å². The van der Waals surface area contributed by atoms with Gasteiger partial charge in [-0.1, -0.05) is 263 Å². The lowest BCUT2D eigenvalue weighted by Gasteiger charge is -2.18. The molecular formula is C56H104O6. The quantitative estimate of drug-likeness (QED) is 0.0262. The molecule has 364 valence electrons. The largest absolute Gasteiger partial charge is 0.462 e. The summed E-state index contributed by atoms with van der Waals surface area (Å²) in [6.45, 7) is 6.62. The molecule has 0 aromatic carbocycles. The molecule has 0 saturated heterocycles. The van der Waals surface area contributed by atoms with Crippen molar-refractivity contribution >= 4 is 17.9 Å². The van der Waals surface area contributed by atoms with Crippen LogP contribution in [0.5, 0.6) is 0 Å². The Bertz CT molecular complexity index is 1000. The normalized spacial score (nSPS) is 12.1. The first-order valence-electron chi connectivity index (χ1n) is 27.3. The van der Waals surface area contributed by atoms with Crippen molar-refractivity contribution in [3.63, 3.8) is 0 Å². The summed E-state index contributed by atoms with van der Waals surface area (Å²) >= 11 is 0. The lowest BCUT2D eigenvalue weighted by Crippen LogP contribution is -2.30. The van der Waals surface area contributed by atoms with Crippen molar-refractivity contribution in [3.05, 3.63) is 24.3 Å². The summed E-state index contributed by atoms with van der Waals surface area (Å²) in [6, 6.07) is 0. The predicted octanol–water partition coefficient (Wildman–Crippen LogP) is 17.9. The van der Waals surface area contributed by atoms with Gasteiger partial charge in [0.2, 0.25) is 0 Å². The van der Waals surface area contributed by atoms with Crippen LogP contribution in [0.15, 0.2) is 24.3 Å². The number of ether oxygens (including phenoxy) is 3. The summed E-state index contributed by atoms with van der Waals surface area (Å²) in [6.07, 6.45) is 58.9. The van der Waals surface area contributed by atoms with E-state index in [-0.39, 0.29) is 37.5 Å². The van der Waals surface area contributed by atoms with Gasteiger partial charge < -0.3 is 14.2 Å². The highest BCUT2D eigenvalue weighted by Crippen LogP contribution is 2.16. The van der Waals surface area contributed by atoms with E-state index in [1.807, 2.05) is 6.08 Å². The zero-order valence-electron chi connectivity index (χ0n) is 41.7. The molecule has 1 atom stereocenters. The maximum Gasteiger partial charge on any atom is 0.306 e. The molecular weight excluding hydrogens is 769 g/mol. The molecule has 0 N–H and O–H groups in total. The summed E-state index contributed by atoms with van der Waals surface area (Å²) in [7, 11) is 0. The van der Waals surface area contributed by atoms with Crippen molar-refractivity contribution in [1.82, 2.24) is 0 Å². The highest BCUT2D eigenvalue weighted by atomic mass is 16.6. The van der Waals surface area contributed by atoms with Crippen LogP contribution in [0.1, 0.15) is 297 Å². The van der Waals surface area contributed by atoms with Crippen molar-refractivity contribution in [2.75, 3.05) is 13.2 Å². The fourth-order valence-corrected chi connectivity index (χ4v) is 8.09. The van der Waals surface area contributed by atoms with Gasteiger partial charge in [-0.25, -0.2) is 0 Å². The molecule has 0 spiro atoms. The number of esters is 3. The highest BCUT2D eigenvalue weighted by Gasteiger charge is 2.19. The first-order valence-corrected chi connectivity index (χ1v) is 27.3. The van der Waals surface area contributed by atoms with Crippen LogP contribution in [-0.2, 0) is 28.6 Å². The van der Waals surface area contributed by atoms with Crippen molar-refractivity contribution in [2.45, 2.75) is 303 Å². The maximum absolute atomic E-state index is 12.8. The number of carbonyl (C=O) groups excluding carboxylic acids is 3. The van der Waals surface area contributed by atoms with Crippen LogP contribution in [0, 0.1) is 0 Å². The Morgan fingerprint density at radius 2 is 0.613 bits per heavy atom. The Morgan fingerprint density at radius 1 is 0.323 bits per heavy atom. The number of carbonyl (C=O) groups is 3. The van der Waals surface area contributed by atoms with Gasteiger partial charge in [0.1, 0.15) is 13.2 Å². The van der Waals surface area contributed by atoms with E-state index in [0.29, 0.717) is 19.3 Å². The van der Waals surface area contributed by atoms with E-state index in [4.69, 9.17) is 14.2 Å². The van der Waals surface area contributed by atoms with Gasteiger partial charge in [0.25, 0.3) is 0 Å². The van der Waals surface area contributed by atoms with E-state index < -0.39 is 6.10 Å². The van der Waals surface area contributed by atoms with Crippen LogP contribution < -0.4 is 0 Å². The maximum atomic E-state index is 12.8. The second kappa shape index (κ2) is 51.5. The third-order valence-electron chi connectivity index (χ3n) is 12.2. The molecule has 0 fully saturated rings. The average molecular weight is 873 g/mol. The van der Waals surface area contributed by atoms with Gasteiger partial charge >= 0.3 is 17.9 Å². The number of hydrogen-bond acceptors (Lipinski definition) is 6. The average Bonchev–Trinajstić information content (AvgIpc) is 3.27. The SMILES string of the molecule is CCCCCCCC/C=C/C/C=C/CCC(=O)OC(COC(=O)CCCCCCCCCCCCCCC)COC(=O)CCCCCCCCCCCCCCCCCCCC. The molecule has 0 aromatic heterocycles. The second-order valence-corrected chi connectivity index (χ2v) is 18.5. The first-order chi connectivity index (χ1) is 30.5. The van der Waals surface area contributed by atoms with Gasteiger partial charge in [0.05, 0.1) is 0 Å². The summed E-state index contributed by atoms with van der Waals surface area (Å²) in [5, 5.41) is 0. The van der Waals surface area contributed by atoms with Crippen LogP contribution >= 0.6 is 0 Å². The van der Waals surface area contributed by atoms with Crippen molar-refractivity contribution in [3.8, 4) is 0 Å². The molecule has 0 bridgehead atoms. The molecule has 0 aliphatic rings. The monoisotopic (exact) mass is 873 g/mol. The van der Waals surface area contributed by atoms with Crippen LogP contribution in [-0.4, -0.2) is 37.2 Å². The summed E-state index contributed by atoms with van der Waals surface area (Å²) < 4.78 is 16.8. The molecule has 0 aliphatic heterocycles. The lowest BCUT2D eigenvalue weighted by molar-refractivity contribution is -0.166. The standard InChI is InChI=1S/C56H104O6/c1-4-7-10-13-16-19-22-25-26-27-28-29-32-34-37-40-43-46-49-55(58)61-52-53(62-56(59)50-47-44-41-38-35-31-24-21-18-15-12-9-6-3)51-60-54(57)48-45-42-39-36-33-30-23-20-17-14-11-8-5-2/h31,35,41,44,53H,4-30,32-34,36-40,42-43,45-52H2,1-3H3/b35-31+,44-41+. The molecule has 1 unspecified atom stereocenters. The summed E-state index contributed by atoms with van der Waals surface area (Å²) in [4.78, 5) is 38.0. The van der Waals surface area contributed by atoms with Gasteiger partial charge in [0, 0.05) is 19.3 Å². The van der Waals surface area contributed by atoms with Crippen LogP contribution in [0.3, 0.4) is 0 Å². The van der Waals surface area contributed by atoms with E-state index in [1.165, 1.54) is 199 Å². The minimum absolute atomic E-state index is 0.0884. The molecule has 0 amide bonds. The molecule has 0 radical (unpaired) electrons. The molecule has 6 heteroatoms. The highest BCUT2D eigenvalue weighted by molar-refractivity contribution is 5.71. The molecule has 0 rings (SSSR count). The topological polar surface area (TPSA) is 78.9 Å². The Labute approximate surface area is 385 Å². The van der Waals surface area contributed by atoms with Crippen LogP contribution in [0.25, 0.3) is 0 Å². The lowest BCUT2D eigenvalue weighted by atomic mass is 10.0. The zero-order valence-corrected chi connectivity index (χ0v) is 41.7. The third kappa shape index (κ3) is 48.9. The fourth-order valence-electron chi connectivity index (χ4n) is 8.09. The fraction of sp³-hybridized carbons (Fsp3) is 0.875. The minimum atomic E-state index is -0.795. The van der Waals surface area contributed by atoms with E-state index in [1.54, 1.807) is 0 Å². The summed E-state index contributed by atoms with van der Waals surface area (Å²) in [5.41, 5.74) is 0. The third-order valence-corrected chi connectivity index (χ3v) is 12.2. The van der Waals surface area contributed by atoms with Crippen LogP contribution in [0.2, 0.25) is 0 Å².